The Morgan fingerprint density at radius 3 is 2.89 bits per heavy atom. The topological polar surface area (TPSA) is 77.2 Å². The van der Waals surface area contributed by atoms with Crippen molar-refractivity contribution in [3.63, 3.8) is 0 Å². The van der Waals surface area contributed by atoms with Crippen LogP contribution in [0.3, 0.4) is 0 Å². The van der Waals surface area contributed by atoms with Gasteiger partial charge in [0.05, 0.1) is 23.0 Å². The third-order valence-electron chi connectivity index (χ3n) is 2.18. The van der Waals surface area contributed by atoms with Gasteiger partial charge in [-0.25, -0.2) is 4.98 Å². The zero-order chi connectivity index (χ0) is 13.3. The van der Waals surface area contributed by atoms with E-state index < -0.39 is 10.7 Å². The highest BCUT2D eigenvalue weighted by molar-refractivity contribution is 7.22. The summed E-state index contributed by atoms with van der Waals surface area (Å²) < 4.78 is 6.00. The van der Waals surface area contributed by atoms with Crippen molar-refractivity contribution in [2.45, 2.75) is 4.84 Å². The minimum atomic E-state index is -1.14. The second kappa shape index (κ2) is 5.17. The first-order valence-corrected chi connectivity index (χ1v) is 6.53. The van der Waals surface area contributed by atoms with Crippen LogP contribution in [0.15, 0.2) is 12.1 Å². The zero-order valence-corrected chi connectivity index (χ0v) is 11.6. The molecule has 0 fully saturated rings. The second-order valence-electron chi connectivity index (χ2n) is 3.36. The number of aromatic nitrogens is 1. The number of hydrogen-bond acceptors (Lipinski definition) is 5. The number of amides is 1. The minimum absolute atomic E-state index is 0.447. The molecule has 18 heavy (non-hydrogen) atoms. The number of hydrogen-bond donors (Lipinski definition) is 2. The summed E-state index contributed by atoms with van der Waals surface area (Å²) in [4.78, 5) is 14.4. The van der Waals surface area contributed by atoms with Crippen LogP contribution in [0.5, 0.6) is 5.75 Å². The Labute approximate surface area is 117 Å². The number of nitrogens with two attached hydrogens (primary N) is 1. The number of carbonyl (C=O) groups is 1. The average Bonchev–Trinajstić information content (AvgIpc) is 2.66. The number of thiazole rings is 1. The quantitative estimate of drug-likeness (QED) is 0.855. The normalized spacial score (nSPS) is 10.9. The molecule has 8 heteroatoms. The maximum Gasteiger partial charge on any atom is 0.257 e. The van der Waals surface area contributed by atoms with Crippen molar-refractivity contribution in [1.29, 1.82) is 0 Å². The first-order chi connectivity index (χ1) is 8.51. The Morgan fingerprint density at radius 2 is 2.28 bits per heavy atom. The van der Waals surface area contributed by atoms with Gasteiger partial charge in [0.15, 0.2) is 9.97 Å². The Morgan fingerprint density at radius 1 is 1.56 bits per heavy atom. The lowest BCUT2D eigenvalue weighted by Gasteiger charge is -2.10. The number of halogens is 2. The Kier molecular flexibility index (Phi) is 3.79. The van der Waals surface area contributed by atoms with Gasteiger partial charge in [0.1, 0.15) is 5.75 Å². The van der Waals surface area contributed by atoms with Crippen LogP contribution in [-0.2, 0) is 4.79 Å². The Bertz CT molecular complexity index is 600. The molecule has 0 radical (unpaired) electrons. The van der Waals surface area contributed by atoms with Crippen LogP contribution in [0.2, 0.25) is 0 Å². The molecule has 0 aliphatic heterocycles. The van der Waals surface area contributed by atoms with Crippen LogP contribution < -0.4 is 15.8 Å². The smallest absolute Gasteiger partial charge is 0.257 e. The lowest BCUT2D eigenvalue weighted by molar-refractivity contribution is -0.114. The van der Waals surface area contributed by atoms with Gasteiger partial charge < -0.3 is 15.8 Å². The van der Waals surface area contributed by atoms with E-state index in [1.54, 1.807) is 12.1 Å². The van der Waals surface area contributed by atoms with E-state index >= 15 is 0 Å². The molecule has 1 aromatic carbocycles. The number of nitrogens with zero attached hydrogens (tertiary/aromatic N) is 1. The highest BCUT2D eigenvalue weighted by atomic mass is 35.5. The number of alkyl halides is 2. The van der Waals surface area contributed by atoms with Gasteiger partial charge in [-0.3, -0.25) is 4.79 Å². The number of nitrogen functional groups attached to an aromatic ring is 1. The van der Waals surface area contributed by atoms with Crippen LogP contribution in [0, 0.1) is 0 Å². The summed E-state index contributed by atoms with van der Waals surface area (Å²) in [6.07, 6.45) is 0. The van der Waals surface area contributed by atoms with Gasteiger partial charge in [-0.05, 0) is 6.07 Å². The molecule has 2 aromatic rings. The van der Waals surface area contributed by atoms with Crippen molar-refractivity contribution in [1.82, 2.24) is 4.98 Å². The molecule has 0 atom stereocenters. The number of methoxy groups -OCH3 is 1. The Balaban J connectivity index is 2.44. The minimum Gasteiger partial charge on any atom is -0.494 e. The number of anilines is 2. The summed E-state index contributed by atoms with van der Waals surface area (Å²) >= 11 is 12.3. The zero-order valence-electron chi connectivity index (χ0n) is 9.24. The first kappa shape index (κ1) is 13.2. The van der Waals surface area contributed by atoms with E-state index in [2.05, 4.69) is 10.3 Å². The summed E-state index contributed by atoms with van der Waals surface area (Å²) in [5, 5.41) is 3.02. The van der Waals surface area contributed by atoms with E-state index in [0.29, 0.717) is 22.1 Å². The maximum atomic E-state index is 11.5. The van der Waals surface area contributed by atoms with Gasteiger partial charge in [0, 0.05) is 6.07 Å². The number of nitrogens with one attached hydrogen (secondary N) is 1. The molecule has 0 aliphatic rings. The van der Waals surface area contributed by atoms with Crippen LogP contribution in [0.1, 0.15) is 0 Å². The van der Waals surface area contributed by atoms with Crippen molar-refractivity contribution in [2.24, 2.45) is 0 Å². The summed E-state index contributed by atoms with van der Waals surface area (Å²) in [5.41, 5.74) is 6.80. The first-order valence-electron chi connectivity index (χ1n) is 4.84. The molecule has 0 saturated carbocycles. The van der Waals surface area contributed by atoms with Gasteiger partial charge in [0.25, 0.3) is 5.91 Å². The van der Waals surface area contributed by atoms with Gasteiger partial charge in [0.2, 0.25) is 0 Å². The highest BCUT2D eigenvalue weighted by Crippen LogP contribution is 2.34. The van der Waals surface area contributed by atoms with E-state index in [4.69, 9.17) is 33.7 Å². The Hall–Kier alpha value is -1.24. The molecular formula is C10H9Cl2N3O2S. The molecule has 1 heterocycles. The number of benzene rings is 1. The van der Waals surface area contributed by atoms with E-state index in [-0.39, 0.29) is 0 Å². The van der Waals surface area contributed by atoms with Crippen LogP contribution >= 0.6 is 34.5 Å². The third kappa shape index (κ3) is 2.60. The van der Waals surface area contributed by atoms with E-state index in [0.717, 1.165) is 4.70 Å². The molecule has 5 nitrogen and oxygen atoms in total. The van der Waals surface area contributed by atoms with Crippen molar-refractivity contribution in [3.8, 4) is 5.75 Å². The molecule has 96 valence electrons. The predicted molar refractivity (Wildman–Crippen MR) is 74.7 cm³/mol. The largest absolute Gasteiger partial charge is 0.494 e. The summed E-state index contributed by atoms with van der Waals surface area (Å²) in [6.45, 7) is 0. The molecule has 3 N–H and O–H groups in total. The lowest BCUT2D eigenvalue weighted by Crippen LogP contribution is -2.18. The van der Waals surface area contributed by atoms with Crippen LogP contribution in [0.4, 0.5) is 10.8 Å². The van der Waals surface area contributed by atoms with E-state index in [1.165, 1.54) is 18.4 Å². The molecule has 0 spiro atoms. The summed E-state index contributed by atoms with van der Waals surface area (Å²) in [6, 6.07) is 3.41. The molecule has 1 aromatic heterocycles. The molecule has 0 bridgehead atoms. The number of fused-ring (bicyclic) bond motifs is 1. The van der Waals surface area contributed by atoms with E-state index in [9.17, 15) is 4.79 Å². The number of rotatable bonds is 3. The van der Waals surface area contributed by atoms with Crippen molar-refractivity contribution in [3.05, 3.63) is 12.1 Å². The van der Waals surface area contributed by atoms with Gasteiger partial charge >= 0.3 is 0 Å². The molecular weight excluding hydrogens is 297 g/mol. The van der Waals surface area contributed by atoms with Gasteiger partial charge in [-0.2, -0.15) is 0 Å². The monoisotopic (exact) mass is 305 g/mol. The molecule has 0 aliphatic carbocycles. The highest BCUT2D eigenvalue weighted by Gasteiger charge is 2.15. The fourth-order valence-corrected chi connectivity index (χ4v) is 2.29. The SMILES string of the molecule is COc1cc2nc(N)sc2cc1NC(=O)C(Cl)Cl. The lowest BCUT2D eigenvalue weighted by atomic mass is 10.2. The maximum absolute atomic E-state index is 11.5. The number of carbonyl (C=O) groups excluding carboxylic acids is 1. The predicted octanol–water partition coefficient (Wildman–Crippen LogP) is 2.63. The molecule has 2 rings (SSSR count). The van der Waals surface area contributed by atoms with Crippen molar-refractivity contribution in [2.75, 3.05) is 18.2 Å². The van der Waals surface area contributed by atoms with Crippen molar-refractivity contribution < 1.29 is 9.53 Å². The number of ether oxygens (including phenoxy) is 1. The van der Waals surface area contributed by atoms with Crippen LogP contribution in [-0.4, -0.2) is 22.8 Å². The van der Waals surface area contributed by atoms with E-state index in [1.807, 2.05) is 0 Å². The summed E-state index contributed by atoms with van der Waals surface area (Å²) in [5.74, 6) is -0.0522. The molecule has 0 unspecified atom stereocenters. The third-order valence-corrected chi connectivity index (χ3v) is 3.43. The van der Waals surface area contributed by atoms with Crippen molar-refractivity contribution >= 4 is 61.5 Å². The second-order valence-corrected chi connectivity index (χ2v) is 5.52. The average molecular weight is 306 g/mol. The van der Waals surface area contributed by atoms with Gasteiger partial charge in [-0.15, -0.1) is 0 Å². The molecule has 1 amide bonds. The van der Waals surface area contributed by atoms with Crippen LogP contribution in [0.25, 0.3) is 10.2 Å². The fourth-order valence-electron chi connectivity index (χ4n) is 1.43. The molecule has 0 saturated heterocycles. The standard InChI is InChI=1S/C10H9Cl2N3O2S/c1-17-6-2-5-7(18-10(13)15-5)3-4(6)14-9(16)8(11)12/h2-3,8H,1H3,(H2,13,15)(H,14,16). The summed E-state index contributed by atoms with van der Waals surface area (Å²) in [7, 11) is 1.49. The fraction of sp³-hybridized carbons (Fsp3) is 0.200. The van der Waals surface area contributed by atoms with Gasteiger partial charge in [-0.1, -0.05) is 34.5 Å².